The second-order valence-corrected chi connectivity index (χ2v) is 4.91. The van der Waals surface area contributed by atoms with Gasteiger partial charge < -0.3 is 10.1 Å². The molecule has 0 amide bonds. The first-order valence-electron chi connectivity index (χ1n) is 6.08. The summed E-state index contributed by atoms with van der Waals surface area (Å²) >= 11 is 0. The molecular weight excluding hydrogens is 198 g/mol. The van der Waals surface area contributed by atoms with E-state index in [-0.39, 0.29) is 6.10 Å². The Morgan fingerprint density at radius 1 is 1.19 bits per heavy atom. The highest BCUT2D eigenvalue weighted by molar-refractivity contribution is 5.23. The first-order valence-corrected chi connectivity index (χ1v) is 6.08. The molecule has 1 aliphatic heterocycles. The van der Waals surface area contributed by atoms with Gasteiger partial charge in [-0.3, -0.25) is 0 Å². The van der Waals surface area contributed by atoms with E-state index in [0.717, 1.165) is 13.2 Å². The summed E-state index contributed by atoms with van der Waals surface area (Å²) in [6.45, 7) is 8.32. The van der Waals surface area contributed by atoms with E-state index in [4.69, 9.17) is 4.74 Å². The Morgan fingerprint density at radius 2 is 1.88 bits per heavy atom. The minimum atomic E-state index is 0.202. The Kier molecular flexibility index (Phi) is 3.62. The minimum absolute atomic E-state index is 0.202. The van der Waals surface area contributed by atoms with Crippen molar-refractivity contribution < 1.29 is 4.74 Å². The van der Waals surface area contributed by atoms with Gasteiger partial charge in [-0.2, -0.15) is 0 Å². The molecule has 3 atom stereocenters. The van der Waals surface area contributed by atoms with Gasteiger partial charge in [0.1, 0.15) is 0 Å². The third-order valence-corrected chi connectivity index (χ3v) is 3.49. The molecule has 88 valence electrons. The highest BCUT2D eigenvalue weighted by atomic mass is 16.5. The van der Waals surface area contributed by atoms with Gasteiger partial charge in [0.15, 0.2) is 0 Å². The van der Waals surface area contributed by atoms with Crippen molar-refractivity contribution in [1.82, 2.24) is 5.32 Å². The van der Waals surface area contributed by atoms with E-state index < -0.39 is 0 Å². The van der Waals surface area contributed by atoms with E-state index in [2.05, 4.69) is 50.4 Å². The molecule has 0 aromatic heterocycles. The smallest absolute Gasteiger partial charge is 0.0949 e. The molecule has 2 rings (SSSR count). The molecule has 16 heavy (non-hydrogen) atoms. The highest BCUT2D eigenvalue weighted by Gasteiger charge is 2.22. The lowest BCUT2D eigenvalue weighted by Gasteiger charge is -2.15. The van der Waals surface area contributed by atoms with Crippen LogP contribution in [0.4, 0.5) is 0 Å². The summed E-state index contributed by atoms with van der Waals surface area (Å²) in [6.07, 6.45) is 0.202. The molecule has 2 heteroatoms. The Hall–Kier alpha value is -0.860. The number of rotatable bonds is 1. The number of benzene rings is 1. The molecule has 0 bridgehead atoms. The molecule has 1 heterocycles. The van der Waals surface area contributed by atoms with Gasteiger partial charge in [-0.05, 0) is 25.3 Å². The summed E-state index contributed by atoms with van der Waals surface area (Å²) < 4.78 is 5.95. The lowest BCUT2D eigenvalue weighted by atomic mass is 10.1. The molecule has 0 aliphatic carbocycles. The largest absolute Gasteiger partial charge is 0.372 e. The van der Waals surface area contributed by atoms with Crippen LogP contribution < -0.4 is 5.32 Å². The molecule has 0 spiro atoms. The Bertz CT molecular complexity index is 321. The SMILES string of the molecule is Cc1ccc(C2CNC(C)C(C)CO2)cc1. The van der Waals surface area contributed by atoms with Crippen LogP contribution in [0.25, 0.3) is 0 Å². The van der Waals surface area contributed by atoms with E-state index in [1.54, 1.807) is 0 Å². The van der Waals surface area contributed by atoms with Gasteiger partial charge in [-0.25, -0.2) is 0 Å². The van der Waals surface area contributed by atoms with Gasteiger partial charge in [0, 0.05) is 12.6 Å². The van der Waals surface area contributed by atoms with Gasteiger partial charge >= 0.3 is 0 Å². The first-order chi connectivity index (χ1) is 7.66. The third-order valence-electron chi connectivity index (χ3n) is 3.49. The van der Waals surface area contributed by atoms with E-state index in [0.29, 0.717) is 12.0 Å². The van der Waals surface area contributed by atoms with Crippen molar-refractivity contribution in [3.63, 3.8) is 0 Å². The molecule has 0 radical (unpaired) electrons. The van der Waals surface area contributed by atoms with Crippen molar-refractivity contribution in [3.05, 3.63) is 35.4 Å². The highest BCUT2D eigenvalue weighted by Crippen LogP contribution is 2.22. The maximum Gasteiger partial charge on any atom is 0.0949 e. The van der Waals surface area contributed by atoms with Crippen LogP contribution in [-0.4, -0.2) is 19.2 Å². The van der Waals surface area contributed by atoms with Crippen molar-refractivity contribution in [3.8, 4) is 0 Å². The normalized spacial score (nSPS) is 31.1. The first kappa shape index (κ1) is 11.6. The van der Waals surface area contributed by atoms with Crippen LogP contribution in [0.15, 0.2) is 24.3 Å². The predicted octanol–water partition coefficient (Wildman–Crippen LogP) is 2.68. The van der Waals surface area contributed by atoms with Gasteiger partial charge in [-0.1, -0.05) is 36.8 Å². The molecule has 1 aromatic rings. The number of aryl methyl sites for hydroxylation is 1. The third kappa shape index (κ3) is 2.63. The lowest BCUT2D eigenvalue weighted by Crippen LogP contribution is -2.32. The van der Waals surface area contributed by atoms with Crippen molar-refractivity contribution in [2.45, 2.75) is 32.9 Å². The lowest BCUT2D eigenvalue weighted by molar-refractivity contribution is 0.0496. The van der Waals surface area contributed by atoms with Crippen molar-refractivity contribution in [1.29, 1.82) is 0 Å². The second kappa shape index (κ2) is 4.98. The van der Waals surface area contributed by atoms with Crippen LogP contribution in [0.2, 0.25) is 0 Å². The van der Waals surface area contributed by atoms with E-state index >= 15 is 0 Å². The predicted molar refractivity (Wildman–Crippen MR) is 66.5 cm³/mol. The van der Waals surface area contributed by atoms with Crippen molar-refractivity contribution >= 4 is 0 Å². The average molecular weight is 219 g/mol. The Labute approximate surface area is 98.0 Å². The molecule has 1 N–H and O–H groups in total. The van der Waals surface area contributed by atoms with Crippen LogP contribution >= 0.6 is 0 Å². The quantitative estimate of drug-likeness (QED) is 0.784. The Morgan fingerprint density at radius 3 is 2.56 bits per heavy atom. The Balaban J connectivity index is 2.07. The van der Waals surface area contributed by atoms with Gasteiger partial charge in [-0.15, -0.1) is 0 Å². The van der Waals surface area contributed by atoms with Crippen LogP contribution in [0.3, 0.4) is 0 Å². The standard InChI is InChI=1S/C14H21NO/c1-10-4-6-13(7-5-10)14-8-15-12(3)11(2)9-16-14/h4-7,11-12,14-15H,8-9H2,1-3H3. The fraction of sp³-hybridized carbons (Fsp3) is 0.571. The monoisotopic (exact) mass is 219 g/mol. The van der Waals surface area contributed by atoms with Crippen LogP contribution in [-0.2, 0) is 4.74 Å². The van der Waals surface area contributed by atoms with Gasteiger partial charge in [0.05, 0.1) is 12.7 Å². The number of nitrogens with one attached hydrogen (secondary N) is 1. The summed E-state index contributed by atoms with van der Waals surface area (Å²) in [4.78, 5) is 0. The van der Waals surface area contributed by atoms with E-state index in [9.17, 15) is 0 Å². The van der Waals surface area contributed by atoms with E-state index in [1.165, 1.54) is 11.1 Å². The summed E-state index contributed by atoms with van der Waals surface area (Å²) in [5.74, 6) is 0.579. The second-order valence-electron chi connectivity index (χ2n) is 4.91. The maximum atomic E-state index is 5.95. The summed E-state index contributed by atoms with van der Waals surface area (Å²) in [7, 11) is 0. The maximum absolute atomic E-state index is 5.95. The molecule has 3 unspecified atom stereocenters. The molecule has 1 aromatic carbocycles. The number of hydrogen-bond acceptors (Lipinski definition) is 2. The zero-order chi connectivity index (χ0) is 11.5. The summed E-state index contributed by atoms with van der Waals surface area (Å²) in [5.41, 5.74) is 2.58. The van der Waals surface area contributed by atoms with Gasteiger partial charge in [0.25, 0.3) is 0 Å². The van der Waals surface area contributed by atoms with Crippen LogP contribution in [0.5, 0.6) is 0 Å². The fourth-order valence-electron chi connectivity index (χ4n) is 1.96. The molecule has 1 fully saturated rings. The molecular formula is C14H21NO. The zero-order valence-corrected chi connectivity index (χ0v) is 10.4. The average Bonchev–Trinajstić information content (AvgIpc) is 2.44. The minimum Gasteiger partial charge on any atom is -0.372 e. The van der Waals surface area contributed by atoms with Crippen LogP contribution in [0.1, 0.15) is 31.1 Å². The number of hydrogen-bond donors (Lipinski definition) is 1. The summed E-state index contributed by atoms with van der Waals surface area (Å²) in [6, 6.07) is 9.17. The van der Waals surface area contributed by atoms with E-state index in [1.807, 2.05) is 0 Å². The molecule has 0 saturated carbocycles. The molecule has 2 nitrogen and oxygen atoms in total. The van der Waals surface area contributed by atoms with Crippen molar-refractivity contribution in [2.24, 2.45) is 5.92 Å². The van der Waals surface area contributed by atoms with Gasteiger partial charge in [0.2, 0.25) is 0 Å². The fourth-order valence-corrected chi connectivity index (χ4v) is 1.96. The topological polar surface area (TPSA) is 21.3 Å². The zero-order valence-electron chi connectivity index (χ0n) is 10.4. The number of ether oxygens (including phenoxy) is 1. The molecule has 1 aliphatic rings. The van der Waals surface area contributed by atoms with Crippen molar-refractivity contribution in [2.75, 3.05) is 13.2 Å². The summed E-state index contributed by atoms with van der Waals surface area (Å²) in [5, 5.41) is 3.53. The van der Waals surface area contributed by atoms with Crippen LogP contribution in [0, 0.1) is 12.8 Å². The molecule has 1 saturated heterocycles.